The van der Waals surface area contributed by atoms with E-state index in [-0.39, 0.29) is 17.6 Å². The highest BCUT2D eigenvalue weighted by Crippen LogP contribution is 2.25. The van der Waals surface area contributed by atoms with Gasteiger partial charge in [-0.2, -0.15) is 0 Å². The highest BCUT2D eigenvalue weighted by molar-refractivity contribution is 5.93. The fraction of sp³-hybridized carbons (Fsp3) is 0.261. The van der Waals surface area contributed by atoms with Crippen molar-refractivity contribution in [1.82, 2.24) is 10.2 Å². The average molecular weight is 406 g/mol. The van der Waals surface area contributed by atoms with Crippen LogP contribution in [0.4, 0.5) is 15.9 Å². The normalized spacial score (nSPS) is 16.2. The molecule has 1 saturated heterocycles. The molecule has 3 aromatic rings. The van der Waals surface area contributed by atoms with Crippen LogP contribution in [0.2, 0.25) is 0 Å². The molecular formula is C23H23FN4O2. The summed E-state index contributed by atoms with van der Waals surface area (Å²) in [4.78, 5) is 14.8. The minimum Gasteiger partial charge on any atom is -0.497 e. The molecule has 0 bridgehead atoms. The average Bonchev–Trinajstić information content (AvgIpc) is 2.80. The first-order valence-electron chi connectivity index (χ1n) is 9.92. The number of amides is 1. The summed E-state index contributed by atoms with van der Waals surface area (Å²) < 4.78 is 18.2. The zero-order chi connectivity index (χ0) is 20.9. The van der Waals surface area contributed by atoms with Gasteiger partial charge in [0.15, 0.2) is 5.82 Å². The Hall–Kier alpha value is -3.48. The Bertz CT molecular complexity index is 991. The molecule has 7 heteroatoms. The van der Waals surface area contributed by atoms with Crippen LogP contribution in [-0.2, 0) is 4.79 Å². The molecule has 1 amide bonds. The Morgan fingerprint density at radius 2 is 1.83 bits per heavy atom. The molecule has 30 heavy (non-hydrogen) atoms. The van der Waals surface area contributed by atoms with Gasteiger partial charge in [-0.05, 0) is 73.5 Å². The highest BCUT2D eigenvalue weighted by Gasteiger charge is 2.27. The standard InChI is InChI=1S/C23H23FN4O2/c1-30-20-10-8-19(9-11-20)25-23(29)17-3-2-14-28(15-17)22-13-12-21(26-27-22)16-4-6-18(24)7-5-16/h4-13,17H,2-3,14-15H2,1H3,(H,25,29)/t17-/m1/s1. The third kappa shape index (κ3) is 4.56. The van der Waals surface area contributed by atoms with E-state index < -0.39 is 0 Å². The van der Waals surface area contributed by atoms with Crippen LogP contribution >= 0.6 is 0 Å². The van der Waals surface area contributed by atoms with E-state index in [4.69, 9.17) is 4.74 Å². The van der Waals surface area contributed by atoms with Gasteiger partial charge in [-0.25, -0.2) is 4.39 Å². The van der Waals surface area contributed by atoms with Crippen LogP contribution in [-0.4, -0.2) is 36.3 Å². The van der Waals surface area contributed by atoms with E-state index in [9.17, 15) is 9.18 Å². The lowest BCUT2D eigenvalue weighted by molar-refractivity contribution is -0.120. The molecule has 1 fully saturated rings. The van der Waals surface area contributed by atoms with Crippen molar-refractivity contribution >= 4 is 17.4 Å². The van der Waals surface area contributed by atoms with Crippen molar-refractivity contribution in [2.75, 3.05) is 30.4 Å². The molecule has 0 radical (unpaired) electrons. The van der Waals surface area contributed by atoms with E-state index in [0.717, 1.165) is 42.2 Å². The fourth-order valence-electron chi connectivity index (χ4n) is 3.59. The van der Waals surface area contributed by atoms with E-state index in [1.165, 1.54) is 12.1 Å². The van der Waals surface area contributed by atoms with Crippen molar-refractivity contribution in [2.45, 2.75) is 12.8 Å². The van der Waals surface area contributed by atoms with Crippen LogP contribution in [0.5, 0.6) is 5.75 Å². The number of aromatic nitrogens is 2. The van der Waals surface area contributed by atoms with Gasteiger partial charge in [0.1, 0.15) is 11.6 Å². The molecule has 1 aliphatic heterocycles. The van der Waals surface area contributed by atoms with E-state index in [1.807, 2.05) is 36.4 Å². The second kappa shape index (κ2) is 8.90. The van der Waals surface area contributed by atoms with Crippen molar-refractivity contribution in [1.29, 1.82) is 0 Å². The third-order valence-electron chi connectivity index (χ3n) is 5.26. The number of hydrogen-bond donors (Lipinski definition) is 1. The number of nitrogens with zero attached hydrogens (tertiary/aromatic N) is 3. The lowest BCUT2D eigenvalue weighted by Crippen LogP contribution is -2.41. The summed E-state index contributed by atoms with van der Waals surface area (Å²) in [6, 6.07) is 17.2. The van der Waals surface area contributed by atoms with Gasteiger partial charge in [-0.15, -0.1) is 10.2 Å². The van der Waals surface area contributed by atoms with Gasteiger partial charge in [0.2, 0.25) is 5.91 Å². The largest absolute Gasteiger partial charge is 0.497 e. The Morgan fingerprint density at radius 1 is 1.07 bits per heavy atom. The molecule has 1 atom stereocenters. The first-order valence-corrected chi connectivity index (χ1v) is 9.92. The lowest BCUT2D eigenvalue weighted by Gasteiger charge is -2.32. The zero-order valence-electron chi connectivity index (χ0n) is 16.7. The van der Waals surface area contributed by atoms with E-state index in [0.29, 0.717) is 12.2 Å². The van der Waals surface area contributed by atoms with Crippen molar-refractivity contribution in [2.24, 2.45) is 5.92 Å². The van der Waals surface area contributed by atoms with Crippen molar-refractivity contribution in [3.05, 3.63) is 66.5 Å². The maximum atomic E-state index is 13.1. The highest BCUT2D eigenvalue weighted by atomic mass is 19.1. The topological polar surface area (TPSA) is 67.3 Å². The van der Waals surface area contributed by atoms with Crippen molar-refractivity contribution < 1.29 is 13.9 Å². The molecule has 4 rings (SSSR count). The number of benzene rings is 2. The van der Waals surface area contributed by atoms with E-state index >= 15 is 0 Å². The maximum absolute atomic E-state index is 13.1. The Kier molecular flexibility index (Phi) is 5.88. The molecule has 0 saturated carbocycles. The number of carbonyl (C=O) groups is 1. The van der Waals surface area contributed by atoms with E-state index in [1.54, 1.807) is 19.2 Å². The number of nitrogens with one attached hydrogen (secondary N) is 1. The molecule has 1 aromatic heterocycles. The number of halogens is 1. The summed E-state index contributed by atoms with van der Waals surface area (Å²) in [5, 5.41) is 11.6. The number of ether oxygens (including phenoxy) is 1. The molecule has 6 nitrogen and oxygen atoms in total. The number of carbonyl (C=O) groups excluding carboxylic acids is 1. The summed E-state index contributed by atoms with van der Waals surface area (Å²) >= 11 is 0. The monoisotopic (exact) mass is 406 g/mol. The van der Waals surface area contributed by atoms with Crippen molar-refractivity contribution in [3.63, 3.8) is 0 Å². The summed E-state index contributed by atoms with van der Waals surface area (Å²) in [5.74, 6) is 1.08. The molecule has 0 unspecified atom stereocenters. The van der Waals surface area contributed by atoms with Crippen molar-refractivity contribution in [3.8, 4) is 17.0 Å². The number of piperidine rings is 1. The number of methoxy groups -OCH3 is 1. The first-order chi connectivity index (χ1) is 14.6. The van der Waals surface area contributed by atoms with Crippen LogP contribution in [0, 0.1) is 11.7 Å². The van der Waals surface area contributed by atoms with Crippen LogP contribution in [0.3, 0.4) is 0 Å². The summed E-state index contributed by atoms with van der Waals surface area (Å²) in [6.45, 7) is 1.42. The number of rotatable bonds is 5. The smallest absolute Gasteiger partial charge is 0.229 e. The van der Waals surface area contributed by atoms with Crippen LogP contribution in [0.1, 0.15) is 12.8 Å². The first kappa shape index (κ1) is 19.8. The summed E-state index contributed by atoms with van der Waals surface area (Å²) in [5.41, 5.74) is 2.25. The minimum absolute atomic E-state index is 0.000702. The maximum Gasteiger partial charge on any atom is 0.229 e. The number of anilines is 2. The lowest BCUT2D eigenvalue weighted by atomic mass is 9.97. The van der Waals surface area contributed by atoms with Gasteiger partial charge in [0.05, 0.1) is 18.7 Å². The molecule has 1 N–H and O–H groups in total. The van der Waals surface area contributed by atoms with Gasteiger partial charge in [-0.3, -0.25) is 4.79 Å². The van der Waals surface area contributed by atoms with Crippen LogP contribution in [0.25, 0.3) is 11.3 Å². The molecule has 154 valence electrons. The van der Waals surface area contributed by atoms with Gasteiger partial charge >= 0.3 is 0 Å². The Labute approximate surface area is 174 Å². The number of hydrogen-bond acceptors (Lipinski definition) is 5. The molecular weight excluding hydrogens is 383 g/mol. The van der Waals surface area contributed by atoms with Gasteiger partial charge in [0.25, 0.3) is 0 Å². The molecule has 2 aromatic carbocycles. The SMILES string of the molecule is COc1ccc(NC(=O)[C@@H]2CCCN(c3ccc(-c4ccc(F)cc4)nn3)C2)cc1. The summed E-state index contributed by atoms with van der Waals surface area (Å²) in [6.07, 6.45) is 1.74. The van der Waals surface area contributed by atoms with Gasteiger partial charge < -0.3 is 15.0 Å². The van der Waals surface area contributed by atoms with Gasteiger partial charge in [0, 0.05) is 24.3 Å². The van der Waals surface area contributed by atoms with E-state index in [2.05, 4.69) is 20.4 Å². The molecule has 2 heterocycles. The van der Waals surface area contributed by atoms with Gasteiger partial charge in [-0.1, -0.05) is 0 Å². The molecule has 0 spiro atoms. The summed E-state index contributed by atoms with van der Waals surface area (Å²) in [7, 11) is 1.61. The predicted octanol–water partition coefficient (Wildman–Crippen LogP) is 4.15. The van der Waals surface area contributed by atoms with Crippen LogP contribution < -0.4 is 15.0 Å². The predicted molar refractivity (Wildman–Crippen MR) is 114 cm³/mol. The Morgan fingerprint density at radius 3 is 2.50 bits per heavy atom. The molecule has 0 aliphatic carbocycles. The fourth-order valence-corrected chi connectivity index (χ4v) is 3.59. The Balaban J connectivity index is 1.40. The minimum atomic E-state index is -0.282. The second-order valence-electron chi connectivity index (χ2n) is 7.29. The quantitative estimate of drug-likeness (QED) is 0.690. The zero-order valence-corrected chi connectivity index (χ0v) is 16.7. The molecule has 1 aliphatic rings. The third-order valence-corrected chi connectivity index (χ3v) is 5.26. The van der Waals surface area contributed by atoms with Crippen LogP contribution in [0.15, 0.2) is 60.7 Å². The second-order valence-corrected chi connectivity index (χ2v) is 7.29.